The van der Waals surface area contributed by atoms with Crippen LogP contribution >= 0.6 is 0 Å². The number of likely N-dealkylation sites (tertiary alicyclic amines) is 1. The molecule has 0 unspecified atom stereocenters. The highest BCUT2D eigenvalue weighted by Gasteiger charge is 2.21. The molecule has 1 aliphatic rings. The van der Waals surface area contributed by atoms with E-state index in [1.807, 2.05) is 35.2 Å². The molecule has 1 saturated heterocycles. The van der Waals surface area contributed by atoms with Gasteiger partial charge in [0.15, 0.2) is 0 Å². The van der Waals surface area contributed by atoms with E-state index in [0.29, 0.717) is 5.92 Å². The van der Waals surface area contributed by atoms with Crippen molar-refractivity contribution in [3.05, 3.63) is 42.1 Å². The summed E-state index contributed by atoms with van der Waals surface area (Å²) in [5.74, 6) is 1.60. The van der Waals surface area contributed by atoms with Crippen LogP contribution in [0.25, 0.3) is 11.3 Å². The Kier molecular flexibility index (Phi) is 5.08. The average Bonchev–Trinajstić information content (AvgIpc) is 2.63. The molecule has 3 rings (SSSR count). The molecule has 0 aliphatic carbocycles. The number of piperidine rings is 1. The van der Waals surface area contributed by atoms with Gasteiger partial charge in [-0.05, 0) is 61.6 Å². The van der Waals surface area contributed by atoms with Gasteiger partial charge in [0.05, 0.1) is 18.5 Å². The van der Waals surface area contributed by atoms with Crippen molar-refractivity contribution in [3.63, 3.8) is 0 Å². The van der Waals surface area contributed by atoms with Crippen molar-refractivity contribution < 1.29 is 9.53 Å². The third-order valence-corrected chi connectivity index (χ3v) is 4.66. The molecule has 24 heavy (non-hydrogen) atoms. The summed E-state index contributed by atoms with van der Waals surface area (Å²) in [6, 6.07) is 11.9. The summed E-state index contributed by atoms with van der Waals surface area (Å²) in [4.78, 5) is 13.3. The second-order valence-electron chi connectivity index (χ2n) is 6.29. The molecule has 1 aliphatic heterocycles. The van der Waals surface area contributed by atoms with E-state index in [-0.39, 0.29) is 5.91 Å². The van der Waals surface area contributed by atoms with Crippen molar-refractivity contribution in [2.45, 2.75) is 26.2 Å². The molecular weight excluding hydrogens is 302 g/mol. The molecule has 126 valence electrons. The first-order chi connectivity index (χ1) is 11.7. The first kappa shape index (κ1) is 16.4. The maximum atomic E-state index is 11.4. The highest BCUT2D eigenvalue weighted by Crippen LogP contribution is 2.23. The lowest BCUT2D eigenvalue weighted by Crippen LogP contribution is -2.37. The normalized spacial score (nSPS) is 15.3. The summed E-state index contributed by atoms with van der Waals surface area (Å²) in [6.07, 6.45) is 3.02. The fourth-order valence-corrected chi connectivity index (χ4v) is 3.13. The van der Waals surface area contributed by atoms with Crippen LogP contribution in [0.3, 0.4) is 0 Å². The third kappa shape index (κ3) is 3.91. The maximum Gasteiger partial charge on any atom is 0.219 e. The first-order valence-electron chi connectivity index (χ1n) is 8.38. The van der Waals surface area contributed by atoms with E-state index in [2.05, 4.69) is 16.3 Å². The molecule has 0 atom stereocenters. The number of methoxy groups -OCH3 is 1. The Balaban J connectivity index is 1.59. The molecule has 0 spiro atoms. The van der Waals surface area contributed by atoms with E-state index < -0.39 is 0 Å². The van der Waals surface area contributed by atoms with Crippen LogP contribution in [-0.4, -0.2) is 41.2 Å². The van der Waals surface area contributed by atoms with E-state index in [9.17, 15) is 4.79 Å². The SMILES string of the molecule is COc1ccc(-c2ccc(CC3CCN(C(C)=O)CC3)nn2)cc1. The molecule has 5 nitrogen and oxygen atoms in total. The second-order valence-corrected chi connectivity index (χ2v) is 6.29. The maximum absolute atomic E-state index is 11.4. The van der Waals surface area contributed by atoms with Gasteiger partial charge in [-0.3, -0.25) is 4.79 Å². The zero-order chi connectivity index (χ0) is 16.9. The van der Waals surface area contributed by atoms with Crippen LogP contribution in [0.4, 0.5) is 0 Å². The van der Waals surface area contributed by atoms with Crippen LogP contribution in [-0.2, 0) is 11.2 Å². The van der Waals surface area contributed by atoms with E-state index in [0.717, 1.165) is 55.1 Å². The van der Waals surface area contributed by atoms with E-state index >= 15 is 0 Å². The number of aromatic nitrogens is 2. The monoisotopic (exact) mass is 325 g/mol. The highest BCUT2D eigenvalue weighted by molar-refractivity contribution is 5.73. The van der Waals surface area contributed by atoms with Gasteiger partial charge in [0.2, 0.25) is 5.91 Å². The van der Waals surface area contributed by atoms with Gasteiger partial charge >= 0.3 is 0 Å². The van der Waals surface area contributed by atoms with Crippen LogP contribution in [0.1, 0.15) is 25.5 Å². The van der Waals surface area contributed by atoms with Crippen molar-refractivity contribution in [1.29, 1.82) is 0 Å². The molecule has 0 N–H and O–H groups in total. The smallest absolute Gasteiger partial charge is 0.219 e. The minimum Gasteiger partial charge on any atom is -0.497 e. The Bertz CT molecular complexity index is 675. The Labute approximate surface area is 142 Å². The standard InChI is InChI=1S/C19H23N3O2/c1-14(23)22-11-9-15(10-12-22)13-17-5-8-19(21-20-17)16-3-6-18(24-2)7-4-16/h3-8,15H,9-13H2,1-2H3. The van der Waals surface area contributed by atoms with E-state index in [4.69, 9.17) is 4.74 Å². The fraction of sp³-hybridized carbons (Fsp3) is 0.421. The number of benzene rings is 1. The number of hydrogen-bond donors (Lipinski definition) is 0. The second kappa shape index (κ2) is 7.43. The predicted octanol–water partition coefficient (Wildman–Crippen LogP) is 2.95. The molecule has 1 fully saturated rings. The predicted molar refractivity (Wildman–Crippen MR) is 92.7 cm³/mol. The summed E-state index contributed by atoms with van der Waals surface area (Å²) in [6.45, 7) is 3.36. The topological polar surface area (TPSA) is 55.3 Å². The lowest BCUT2D eigenvalue weighted by molar-refractivity contribution is -0.130. The first-order valence-corrected chi connectivity index (χ1v) is 8.38. The van der Waals surface area contributed by atoms with Crippen molar-refractivity contribution >= 4 is 5.91 Å². The molecule has 2 aromatic rings. The lowest BCUT2D eigenvalue weighted by Gasteiger charge is -2.31. The molecule has 2 heterocycles. The quantitative estimate of drug-likeness (QED) is 0.867. The molecule has 5 heteroatoms. The number of rotatable bonds is 4. The Hall–Kier alpha value is -2.43. The fourth-order valence-electron chi connectivity index (χ4n) is 3.13. The molecule has 0 bridgehead atoms. The summed E-state index contributed by atoms with van der Waals surface area (Å²) < 4.78 is 5.17. The largest absolute Gasteiger partial charge is 0.497 e. The Morgan fingerprint density at radius 1 is 1.12 bits per heavy atom. The van der Waals surface area contributed by atoms with Gasteiger partial charge in [-0.15, -0.1) is 0 Å². The molecule has 0 saturated carbocycles. The average molecular weight is 325 g/mol. The van der Waals surface area contributed by atoms with Gasteiger partial charge in [-0.25, -0.2) is 0 Å². The van der Waals surface area contributed by atoms with Crippen LogP contribution in [0.2, 0.25) is 0 Å². The zero-order valence-corrected chi connectivity index (χ0v) is 14.2. The minimum atomic E-state index is 0.178. The lowest BCUT2D eigenvalue weighted by atomic mass is 9.92. The number of carbonyl (C=O) groups excluding carboxylic acids is 1. The summed E-state index contributed by atoms with van der Waals surface area (Å²) in [5, 5.41) is 8.74. The van der Waals surface area contributed by atoms with Gasteiger partial charge in [0.25, 0.3) is 0 Å². The summed E-state index contributed by atoms with van der Waals surface area (Å²) >= 11 is 0. The van der Waals surface area contributed by atoms with Crippen molar-refractivity contribution in [1.82, 2.24) is 15.1 Å². The zero-order valence-electron chi connectivity index (χ0n) is 14.2. The molecular formula is C19H23N3O2. The number of hydrogen-bond acceptors (Lipinski definition) is 4. The summed E-state index contributed by atoms with van der Waals surface area (Å²) in [5.41, 5.74) is 2.92. The number of amides is 1. The van der Waals surface area contributed by atoms with Crippen LogP contribution < -0.4 is 4.74 Å². The molecule has 1 aromatic heterocycles. The van der Waals surface area contributed by atoms with E-state index in [1.54, 1.807) is 14.0 Å². The Morgan fingerprint density at radius 3 is 2.38 bits per heavy atom. The van der Waals surface area contributed by atoms with Crippen LogP contribution in [0, 0.1) is 5.92 Å². The molecule has 1 amide bonds. The highest BCUT2D eigenvalue weighted by atomic mass is 16.5. The summed E-state index contributed by atoms with van der Waals surface area (Å²) in [7, 11) is 1.66. The molecule has 0 radical (unpaired) electrons. The number of nitrogens with zero attached hydrogens (tertiary/aromatic N) is 3. The van der Waals surface area contributed by atoms with Gasteiger partial charge in [-0.2, -0.15) is 10.2 Å². The van der Waals surface area contributed by atoms with E-state index in [1.165, 1.54) is 0 Å². The number of carbonyl (C=O) groups is 1. The van der Waals surface area contributed by atoms with Crippen LogP contribution in [0.5, 0.6) is 5.75 Å². The van der Waals surface area contributed by atoms with Crippen molar-refractivity contribution in [3.8, 4) is 17.0 Å². The minimum absolute atomic E-state index is 0.178. The van der Waals surface area contributed by atoms with Gasteiger partial charge in [0, 0.05) is 25.6 Å². The molecule has 1 aromatic carbocycles. The van der Waals surface area contributed by atoms with Gasteiger partial charge in [-0.1, -0.05) is 0 Å². The van der Waals surface area contributed by atoms with Crippen molar-refractivity contribution in [2.75, 3.05) is 20.2 Å². The Morgan fingerprint density at radius 2 is 1.83 bits per heavy atom. The number of ether oxygens (including phenoxy) is 1. The van der Waals surface area contributed by atoms with Gasteiger partial charge in [0.1, 0.15) is 5.75 Å². The van der Waals surface area contributed by atoms with Gasteiger partial charge < -0.3 is 9.64 Å². The van der Waals surface area contributed by atoms with Crippen LogP contribution in [0.15, 0.2) is 36.4 Å². The van der Waals surface area contributed by atoms with Crippen molar-refractivity contribution in [2.24, 2.45) is 5.92 Å². The third-order valence-electron chi connectivity index (χ3n) is 4.66.